The fourth-order valence-electron chi connectivity index (χ4n) is 1.86. The van der Waals surface area contributed by atoms with Gasteiger partial charge in [-0.3, -0.25) is 4.79 Å². The van der Waals surface area contributed by atoms with Crippen molar-refractivity contribution in [2.45, 2.75) is 18.1 Å². The third-order valence-electron chi connectivity index (χ3n) is 2.76. The average Bonchev–Trinajstić information content (AvgIpc) is 2.84. The number of hydrogen-bond acceptors (Lipinski definition) is 4. The summed E-state index contributed by atoms with van der Waals surface area (Å²) in [7, 11) is 0. The zero-order valence-electron chi connectivity index (χ0n) is 8.70. The van der Waals surface area contributed by atoms with Gasteiger partial charge in [0.1, 0.15) is 0 Å². The van der Waals surface area contributed by atoms with Crippen molar-refractivity contribution in [3.05, 3.63) is 17.1 Å². The van der Waals surface area contributed by atoms with Crippen molar-refractivity contribution < 1.29 is 18.0 Å². The number of aromatic nitrogens is 1. The second kappa shape index (κ2) is 3.95. The van der Waals surface area contributed by atoms with E-state index in [2.05, 4.69) is 4.37 Å². The van der Waals surface area contributed by atoms with Crippen molar-refractivity contribution in [1.29, 1.82) is 0 Å². The van der Waals surface area contributed by atoms with Crippen LogP contribution in [0.15, 0.2) is 12.3 Å². The lowest BCUT2D eigenvalue weighted by molar-refractivity contribution is -0.184. The summed E-state index contributed by atoms with van der Waals surface area (Å²) < 4.78 is 40.6. The molecule has 1 amide bonds. The van der Waals surface area contributed by atoms with Gasteiger partial charge in [-0.2, -0.15) is 13.2 Å². The summed E-state index contributed by atoms with van der Waals surface area (Å²) in [5, 5.41) is 0. The number of nitrogens with two attached hydrogens (primary N) is 1. The number of carbonyl (C=O) groups excluding carboxylic acids is 1. The molecule has 0 spiro atoms. The zero-order valence-corrected chi connectivity index (χ0v) is 9.51. The standard InChI is InChI=1S/C9H10F3N3OS/c10-9(11,12)7(16)15-4-2-8(13,5-15)6-1-3-14-17-6/h1,3H,2,4-5,13H2. The van der Waals surface area contributed by atoms with Gasteiger partial charge in [-0.25, -0.2) is 4.37 Å². The van der Waals surface area contributed by atoms with Crippen LogP contribution in [0, 0.1) is 0 Å². The summed E-state index contributed by atoms with van der Waals surface area (Å²) in [5.74, 6) is -1.82. The molecule has 0 saturated carbocycles. The summed E-state index contributed by atoms with van der Waals surface area (Å²) in [4.78, 5) is 12.5. The van der Waals surface area contributed by atoms with Crippen LogP contribution in [0.4, 0.5) is 13.2 Å². The third kappa shape index (κ3) is 2.27. The number of carbonyl (C=O) groups is 1. The molecule has 1 aliphatic rings. The second-order valence-electron chi connectivity index (χ2n) is 4.01. The summed E-state index contributed by atoms with van der Waals surface area (Å²) >= 11 is 1.15. The largest absolute Gasteiger partial charge is 0.471 e. The lowest BCUT2D eigenvalue weighted by Crippen LogP contribution is -2.44. The molecule has 2 rings (SSSR count). The first-order valence-electron chi connectivity index (χ1n) is 4.89. The van der Waals surface area contributed by atoms with Crippen molar-refractivity contribution in [3.8, 4) is 0 Å². The second-order valence-corrected chi connectivity index (χ2v) is 4.84. The number of hydrogen-bond donors (Lipinski definition) is 1. The van der Waals surface area contributed by atoms with Crippen LogP contribution >= 0.6 is 11.5 Å². The van der Waals surface area contributed by atoms with Gasteiger partial charge in [0, 0.05) is 24.2 Å². The van der Waals surface area contributed by atoms with Crippen molar-refractivity contribution in [3.63, 3.8) is 0 Å². The topological polar surface area (TPSA) is 59.2 Å². The van der Waals surface area contributed by atoms with Crippen molar-refractivity contribution in [2.24, 2.45) is 5.73 Å². The predicted molar refractivity (Wildman–Crippen MR) is 55.2 cm³/mol. The molecule has 0 bridgehead atoms. The van der Waals surface area contributed by atoms with E-state index in [0.29, 0.717) is 11.3 Å². The highest BCUT2D eigenvalue weighted by Crippen LogP contribution is 2.33. The van der Waals surface area contributed by atoms with Gasteiger partial charge >= 0.3 is 12.1 Å². The number of nitrogens with zero attached hydrogens (tertiary/aromatic N) is 2. The van der Waals surface area contributed by atoms with Crippen molar-refractivity contribution >= 4 is 17.4 Å². The number of halogens is 3. The van der Waals surface area contributed by atoms with Crippen molar-refractivity contribution in [2.75, 3.05) is 13.1 Å². The highest BCUT2D eigenvalue weighted by Gasteiger charge is 2.48. The molecule has 1 aromatic rings. The molecule has 1 unspecified atom stereocenters. The van der Waals surface area contributed by atoms with Crippen LogP contribution in [0.3, 0.4) is 0 Å². The normalized spacial score (nSPS) is 25.3. The number of likely N-dealkylation sites (tertiary alicyclic amines) is 1. The molecule has 0 aliphatic carbocycles. The van der Waals surface area contributed by atoms with Gasteiger partial charge in [0.05, 0.1) is 5.54 Å². The smallest absolute Gasteiger partial charge is 0.333 e. The fourth-order valence-corrected chi connectivity index (χ4v) is 2.56. The summed E-state index contributed by atoms with van der Waals surface area (Å²) in [6.45, 7) is -0.0969. The molecule has 8 heteroatoms. The molecule has 1 aliphatic heterocycles. The van der Waals surface area contributed by atoms with Gasteiger partial charge in [-0.1, -0.05) is 0 Å². The molecule has 0 aromatic carbocycles. The van der Waals surface area contributed by atoms with E-state index >= 15 is 0 Å². The number of rotatable bonds is 1. The van der Waals surface area contributed by atoms with Crippen molar-refractivity contribution in [1.82, 2.24) is 9.27 Å². The van der Waals surface area contributed by atoms with E-state index in [1.54, 1.807) is 12.3 Å². The average molecular weight is 265 g/mol. The molecule has 0 radical (unpaired) electrons. The Balaban J connectivity index is 2.13. The quantitative estimate of drug-likeness (QED) is 0.827. The minimum atomic E-state index is -4.83. The number of amides is 1. The van der Waals surface area contributed by atoms with Gasteiger partial charge < -0.3 is 10.6 Å². The van der Waals surface area contributed by atoms with E-state index in [1.807, 2.05) is 0 Å². The summed E-state index contributed by atoms with van der Waals surface area (Å²) in [6, 6.07) is 1.67. The lowest BCUT2D eigenvalue weighted by atomic mass is 9.98. The van der Waals surface area contributed by atoms with Crippen LogP contribution in [-0.2, 0) is 10.3 Å². The summed E-state index contributed by atoms with van der Waals surface area (Å²) in [6.07, 6.45) is -2.97. The Morgan fingerprint density at radius 3 is 2.82 bits per heavy atom. The Kier molecular flexibility index (Phi) is 2.86. The first-order chi connectivity index (χ1) is 7.83. The fraction of sp³-hybridized carbons (Fsp3) is 0.556. The van der Waals surface area contributed by atoms with Gasteiger partial charge in [-0.15, -0.1) is 0 Å². The van der Waals surface area contributed by atoms with Crippen LogP contribution in [0.5, 0.6) is 0 Å². The van der Waals surface area contributed by atoms with E-state index in [1.165, 1.54) is 0 Å². The molecular formula is C9H10F3N3OS. The molecule has 17 heavy (non-hydrogen) atoms. The van der Waals surface area contributed by atoms with E-state index in [4.69, 9.17) is 5.73 Å². The first-order valence-corrected chi connectivity index (χ1v) is 5.66. The lowest BCUT2D eigenvalue weighted by Gasteiger charge is -2.23. The van der Waals surface area contributed by atoms with E-state index < -0.39 is 17.6 Å². The molecule has 1 saturated heterocycles. The highest BCUT2D eigenvalue weighted by atomic mass is 32.1. The molecule has 2 N–H and O–H groups in total. The van der Waals surface area contributed by atoms with E-state index in [0.717, 1.165) is 16.4 Å². The summed E-state index contributed by atoms with van der Waals surface area (Å²) in [5.41, 5.74) is 5.10. The van der Waals surface area contributed by atoms with Gasteiger partial charge in [0.2, 0.25) is 0 Å². The molecule has 1 atom stereocenters. The Bertz CT molecular complexity index is 420. The van der Waals surface area contributed by atoms with E-state index in [9.17, 15) is 18.0 Å². The minimum Gasteiger partial charge on any atom is -0.333 e. The maximum atomic E-state index is 12.3. The third-order valence-corrected chi connectivity index (χ3v) is 3.73. The molecular weight excluding hydrogens is 255 g/mol. The van der Waals surface area contributed by atoms with Gasteiger partial charge in [-0.05, 0) is 24.0 Å². The SMILES string of the molecule is NC1(c2ccns2)CCN(C(=O)C(F)(F)F)C1. The molecule has 4 nitrogen and oxygen atoms in total. The molecule has 1 fully saturated rings. The maximum absolute atomic E-state index is 12.3. The maximum Gasteiger partial charge on any atom is 0.471 e. The highest BCUT2D eigenvalue weighted by molar-refractivity contribution is 7.05. The van der Waals surface area contributed by atoms with Crippen LogP contribution in [0.1, 0.15) is 11.3 Å². The number of alkyl halides is 3. The molecule has 2 heterocycles. The van der Waals surface area contributed by atoms with E-state index in [-0.39, 0.29) is 13.1 Å². The van der Waals surface area contributed by atoms with Gasteiger partial charge in [0.15, 0.2) is 0 Å². The first kappa shape index (κ1) is 12.3. The Hall–Kier alpha value is -1.15. The molecule has 94 valence electrons. The van der Waals surface area contributed by atoms with Gasteiger partial charge in [0.25, 0.3) is 0 Å². The Labute approximate surface area is 99.4 Å². The predicted octanol–water partition coefficient (Wildman–Crippen LogP) is 1.09. The molecule has 1 aromatic heterocycles. The Morgan fingerprint density at radius 1 is 1.59 bits per heavy atom. The van der Waals surface area contributed by atoms with Crippen LogP contribution in [-0.4, -0.2) is 34.4 Å². The van der Waals surface area contributed by atoms with Crippen LogP contribution in [0.2, 0.25) is 0 Å². The monoisotopic (exact) mass is 265 g/mol. The van der Waals surface area contributed by atoms with Crippen LogP contribution in [0.25, 0.3) is 0 Å². The zero-order chi connectivity index (χ0) is 12.7. The minimum absolute atomic E-state index is 0.0206. The van der Waals surface area contributed by atoms with Crippen LogP contribution < -0.4 is 5.73 Å². The Morgan fingerprint density at radius 2 is 2.29 bits per heavy atom.